The number of unbranched alkanes of at least 4 members (excludes halogenated alkanes) is 49. The lowest BCUT2D eigenvalue weighted by Gasteiger charge is -2.18. The summed E-state index contributed by atoms with van der Waals surface area (Å²) in [7, 11) is 0. The van der Waals surface area contributed by atoms with Gasteiger partial charge in [-0.3, -0.25) is 14.4 Å². The van der Waals surface area contributed by atoms with Gasteiger partial charge in [0.05, 0.1) is 0 Å². The van der Waals surface area contributed by atoms with E-state index in [1.165, 1.54) is 276 Å². The van der Waals surface area contributed by atoms with Crippen molar-refractivity contribution in [3.05, 3.63) is 48.6 Å². The zero-order chi connectivity index (χ0) is 59.2. The van der Waals surface area contributed by atoms with E-state index in [1.54, 1.807) is 0 Å². The molecule has 0 aliphatic rings. The highest BCUT2D eigenvalue weighted by molar-refractivity contribution is 5.71. The van der Waals surface area contributed by atoms with Crippen molar-refractivity contribution in [1.82, 2.24) is 0 Å². The topological polar surface area (TPSA) is 78.9 Å². The molecule has 0 N–H and O–H groups in total. The summed E-state index contributed by atoms with van der Waals surface area (Å²) in [5, 5.41) is 0. The second kappa shape index (κ2) is 70.9. The molecule has 1 atom stereocenters. The second-order valence-electron chi connectivity index (χ2n) is 24.8. The number of esters is 3. The lowest BCUT2D eigenvalue weighted by Crippen LogP contribution is -2.30. The van der Waals surface area contributed by atoms with Crippen LogP contribution in [0, 0.1) is 0 Å². The Hall–Kier alpha value is -2.63. The first-order chi connectivity index (χ1) is 40.5. The molecule has 6 nitrogen and oxygen atoms in total. The fourth-order valence-electron chi connectivity index (χ4n) is 11.1. The SMILES string of the molecule is CC/C=C\C/C=C\C/C=C\C/C=C\CCCCCCCCCCCCCCCCCCC(=O)OCC(COC(=O)CCCCCCCCCCCCCCCCCC)OC(=O)CCCCCCCCCCCCCCCCCCCCC. The Kier molecular flexibility index (Phi) is 68.6. The molecule has 0 heterocycles. The minimum absolute atomic E-state index is 0.0650. The predicted octanol–water partition coefficient (Wildman–Crippen LogP) is 25.3. The van der Waals surface area contributed by atoms with Gasteiger partial charge in [-0.05, 0) is 57.8 Å². The highest BCUT2D eigenvalue weighted by Crippen LogP contribution is 2.19. The Labute approximate surface area is 511 Å². The van der Waals surface area contributed by atoms with Crippen molar-refractivity contribution in [2.75, 3.05) is 13.2 Å². The van der Waals surface area contributed by atoms with Gasteiger partial charge >= 0.3 is 17.9 Å². The van der Waals surface area contributed by atoms with E-state index < -0.39 is 6.10 Å². The first-order valence-electron chi connectivity index (χ1n) is 36.6. The molecule has 0 aliphatic carbocycles. The lowest BCUT2D eigenvalue weighted by atomic mass is 10.0. The third-order valence-electron chi connectivity index (χ3n) is 16.6. The number of hydrogen-bond acceptors (Lipinski definition) is 6. The van der Waals surface area contributed by atoms with Crippen molar-refractivity contribution in [3.8, 4) is 0 Å². The summed E-state index contributed by atoms with van der Waals surface area (Å²) < 4.78 is 17.0. The zero-order valence-corrected chi connectivity index (χ0v) is 55.3. The molecule has 6 heteroatoms. The van der Waals surface area contributed by atoms with Crippen LogP contribution in [0.15, 0.2) is 48.6 Å². The van der Waals surface area contributed by atoms with Crippen molar-refractivity contribution in [2.45, 2.75) is 406 Å². The van der Waals surface area contributed by atoms with Gasteiger partial charge in [0, 0.05) is 19.3 Å². The van der Waals surface area contributed by atoms with E-state index in [1.807, 2.05) is 0 Å². The summed E-state index contributed by atoms with van der Waals surface area (Å²) in [6.07, 6.45) is 90.0. The number of carbonyl (C=O) groups excluding carboxylic acids is 3. The number of carbonyl (C=O) groups is 3. The van der Waals surface area contributed by atoms with Crippen LogP contribution in [-0.2, 0) is 28.6 Å². The summed E-state index contributed by atoms with van der Waals surface area (Å²) in [6, 6.07) is 0. The normalized spacial score (nSPS) is 12.3. The largest absolute Gasteiger partial charge is 0.462 e. The predicted molar refractivity (Wildman–Crippen MR) is 358 cm³/mol. The Morgan fingerprint density at radius 3 is 0.744 bits per heavy atom. The van der Waals surface area contributed by atoms with E-state index in [-0.39, 0.29) is 31.1 Å². The Morgan fingerprint density at radius 2 is 0.476 bits per heavy atom. The number of ether oxygens (including phenoxy) is 3. The van der Waals surface area contributed by atoms with Crippen LogP contribution in [0.5, 0.6) is 0 Å². The van der Waals surface area contributed by atoms with Gasteiger partial charge in [0.1, 0.15) is 13.2 Å². The molecule has 0 radical (unpaired) electrons. The van der Waals surface area contributed by atoms with Crippen LogP contribution in [-0.4, -0.2) is 37.2 Å². The Balaban J connectivity index is 4.22. The minimum Gasteiger partial charge on any atom is -0.462 e. The van der Waals surface area contributed by atoms with Crippen LogP contribution in [0.25, 0.3) is 0 Å². The van der Waals surface area contributed by atoms with E-state index in [0.717, 1.165) is 83.5 Å². The van der Waals surface area contributed by atoms with E-state index in [2.05, 4.69) is 69.4 Å². The summed E-state index contributed by atoms with van der Waals surface area (Å²) >= 11 is 0. The number of hydrogen-bond donors (Lipinski definition) is 0. The fourth-order valence-corrected chi connectivity index (χ4v) is 11.1. The molecule has 0 aromatic rings. The molecule has 0 bridgehead atoms. The molecule has 480 valence electrons. The summed E-state index contributed by atoms with van der Waals surface area (Å²) in [6.45, 7) is 6.61. The van der Waals surface area contributed by atoms with Crippen molar-refractivity contribution in [1.29, 1.82) is 0 Å². The van der Waals surface area contributed by atoms with Gasteiger partial charge in [0.2, 0.25) is 0 Å². The van der Waals surface area contributed by atoms with Crippen molar-refractivity contribution in [2.24, 2.45) is 0 Å². The molecule has 0 aromatic heterocycles. The molecular weight excluding hydrogens is 1010 g/mol. The average molecular weight is 1150 g/mol. The van der Waals surface area contributed by atoms with Gasteiger partial charge in [-0.2, -0.15) is 0 Å². The summed E-state index contributed by atoms with van der Waals surface area (Å²) in [5.41, 5.74) is 0. The van der Waals surface area contributed by atoms with Crippen LogP contribution in [0.4, 0.5) is 0 Å². The molecule has 0 aromatic carbocycles. The fraction of sp³-hybridized carbons (Fsp3) is 0.855. The molecule has 0 saturated carbocycles. The van der Waals surface area contributed by atoms with Crippen molar-refractivity contribution in [3.63, 3.8) is 0 Å². The van der Waals surface area contributed by atoms with Crippen LogP contribution < -0.4 is 0 Å². The maximum Gasteiger partial charge on any atom is 0.306 e. The van der Waals surface area contributed by atoms with E-state index in [9.17, 15) is 14.4 Å². The number of rotatable bonds is 68. The smallest absolute Gasteiger partial charge is 0.306 e. The molecular formula is C76H140O6. The van der Waals surface area contributed by atoms with Crippen molar-refractivity contribution >= 4 is 17.9 Å². The van der Waals surface area contributed by atoms with Gasteiger partial charge in [0.25, 0.3) is 0 Å². The van der Waals surface area contributed by atoms with Crippen molar-refractivity contribution < 1.29 is 28.6 Å². The quantitative estimate of drug-likeness (QED) is 0.0261. The van der Waals surface area contributed by atoms with Gasteiger partial charge < -0.3 is 14.2 Å². The number of allylic oxidation sites excluding steroid dienone is 8. The molecule has 1 unspecified atom stereocenters. The third-order valence-corrected chi connectivity index (χ3v) is 16.6. The average Bonchev–Trinajstić information content (AvgIpc) is 3.47. The maximum absolute atomic E-state index is 13.0. The summed E-state index contributed by atoms with van der Waals surface area (Å²) in [5.74, 6) is -0.831. The van der Waals surface area contributed by atoms with Gasteiger partial charge in [-0.25, -0.2) is 0 Å². The van der Waals surface area contributed by atoms with Crippen LogP contribution >= 0.6 is 0 Å². The third kappa shape index (κ3) is 68.2. The molecule has 0 spiro atoms. The molecule has 0 amide bonds. The monoisotopic (exact) mass is 1150 g/mol. The van der Waals surface area contributed by atoms with E-state index in [0.29, 0.717) is 19.3 Å². The van der Waals surface area contributed by atoms with Gasteiger partial charge in [-0.15, -0.1) is 0 Å². The second-order valence-corrected chi connectivity index (χ2v) is 24.8. The van der Waals surface area contributed by atoms with E-state index >= 15 is 0 Å². The Bertz CT molecular complexity index is 1410. The molecule has 0 saturated heterocycles. The highest BCUT2D eigenvalue weighted by atomic mass is 16.6. The van der Waals surface area contributed by atoms with Crippen LogP contribution in [0.3, 0.4) is 0 Å². The molecule has 82 heavy (non-hydrogen) atoms. The minimum atomic E-state index is -0.769. The first-order valence-corrected chi connectivity index (χ1v) is 36.6. The van der Waals surface area contributed by atoms with Crippen LogP contribution in [0.1, 0.15) is 400 Å². The lowest BCUT2D eigenvalue weighted by molar-refractivity contribution is -0.167. The van der Waals surface area contributed by atoms with E-state index in [4.69, 9.17) is 14.2 Å². The standard InChI is InChI=1S/C76H140O6/c1-4-7-10-13-16-19-22-25-28-31-33-34-35-36-37-38-39-40-41-42-44-45-48-51-54-57-60-63-66-69-75(78)81-72-73(71-80-74(77)68-65-62-59-56-53-50-47-30-27-24-21-18-15-12-9-6-3)82-76(79)70-67-64-61-58-55-52-49-46-43-32-29-26-23-20-17-14-11-8-5-2/h7,10,16,19,25,28,33-34,73H,4-6,8-9,11-15,17-18,20-24,26-27,29-32,35-72H2,1-3H3/b10-7-,19-16-,28-25-,34-33-. The highest BCUT2D eigenvalue weighted by Gasteiger charge is 2.19. The Morgan fingerprint density at radius 1 is 0.256 bits per heavy atom. The molecule has 0 fully saturated rings. The maximum atomic E-state index is 13.0. The van der Waals surface area contributed by atoms with Gasteiger partial charge in [-0.1, -0.05) is 371 Å². The first kappa shape index (κ1) is 79.4. The molecule has 0 rings (SSSR count). The van der Waals surface area contributed by atoms with Gasteiger partial charge in [0.15, 0.2) is 6.10 Å². The zero-order valence-electron chi connectivity index (χ0n) is 55.3. The van der Waals surface area contributed by atoms with Crippen LogP contribution in [0.2, 0.25) is 0 Å². The summed E-state index contributed by atoms with van der Waals surface area (Å²) in [4.78, 5) is 38.5. The molecule has 0 aliphatic heterocycles.